The second-order valence-corrected chi connectivity index (χ2v) is 6.61. The molecule has 1 aromatic carbocycles. The number of pyridine rings is 1. The minimum Gasteiger partial charge on any atom is -0.497 e. The highest BCUT2D eigenvalue weighted by atomic mass is 35.5. The molecule has 5 nitrogen and oxygen atoms in total. The van der Waals surface area contributed by atoms with Crippen molar-refractivity contribution >= 4 is 40.1 Å². The van der Waals surface area contributed by atoms with Crippen LogP contribution >= 0.6 is 23.4 Å². The number of halogens is 1. The number of H-pyrrole nitrogens is 1. The Morgan fingerprint density at radius 2 is 2.13 bits per heavy atom. The zero-order chi connectivity index (χ0) is 16.4. The molecule has 0 bridgehead atoms. The maximum absolute atomic E-state index is 6.15. The van der Waals surface area contributed by atoms with Gasteiger partial charge in [-0.2, -0.15) is 0 Å². The van der Waals surface area contributed by atoms with Gasteiger partial charge in [-0.3, -0.25) is 4.98 Å². The first-order valence-electron chi connectivity index (χ1n) is 7.05. The van der Waals surface area contributed by atoms with Crippen molar-refractivity contribution in [3.63, 3.8) is 0 Å². The Morgan fingerprint density at radius 3 is 2.87 bits per heavy atom. The molecule has 0 fully saturated rings. The van der Waals surface area contributed by atoms with E-state index in [0.717, 1.165) is 39.1 Å². The number of benzene rings is 1. The molecule has 7 heteroatoms. The number of fused-ring (bicyclic) bond motifs is 1. The lowest BCUT2D eigenvalue weighted by atomic mass is 10.3. The number of hydrogen-bond acceptors (Lipinski definition) is 5. The number of ether oxygens (including phenoxy) is 1. The van der Waals surface area contributed by atoms with Crippen molar-refractivity contribution in [2.24, 2.45) is 0 Å². The first kappa shape index (κ1) is 16.0. The molecule has 0 unspecified atom stereocenters. The topological polar surface area (TPSA) is 54.0 Å². The molecule has 0 aliphatic rings. The molecule has 3 aromatic rings. The van der Waals surface area contributed by atoms with Crippen LogP contribution in [0.4, 0.5) is 5.69 Å². The number of imidazole rings is 1. The predicted octanol–water partition coefficient (Wildman–Crippen LogP) is 3.98. The summed E-state index contributed by atoms with van der Waals surface area (Å²) in [5.41, 5.74) is 3.81. The molecule has 3 rings (SSSR count). The lowest BCUT2D eigenvalue weighted by Crippen LogP contribution is -2.10. The Balaban J connectivity index is 1.76. The molecule has 0 atom stereocenters. The number of aromatic nitrogens is 3. The van der Waals surface area contributed by atoms with Gasteiger partial charge in [0, 0.05) is 32.1 Å². The highest BCUT2D eigenvalue weighted by molar-refractivity contribution is 7.98. The molecule has 1 N–H and O–H groups in total. The number of thioether (sulfide) groups is 1. The summed E-state index contributed by atoms with van der Waals surface area (Å²) >= 11 is 7.76. The minimum absolute atomic E-state index is 0.652. The third-order valence-electron chi connectivity index (χ3n) is 3.40. The van der Waals surface area contributed by atoms with Crippen LogP contribution in [0.5, 0.6) is 5.75 Å². The summed E-state index contributed by atoms with van der Waals surface area (Å²) in [7, 11) is 5.58. The Kier molecular flexibility index (Phi) is 4.63. The normalized spacial score (nSPS) is 11.0. The molecule has 0 radical (unpaired) electrons. The summed E-state index contributed by atoms with van der Waals surface area (Å²) in [6, 6.07) is 7.80. The average Bonchev–Trinajstić information content (AvgIpc) is 2.95. The van der Waals surface area contributed by atoms with Crippen molar-refractivity contribution in [1.29, 1.82) is 0 Å². The van der Waals surface area contributed by atoms with Crippen LogP contribution in [-0.2, 0) is 5.75 Å². The van der Waals surface area contributed by atoms with E-state index in [1.807, 2.05) is 43.3 Å². The van der Waals surface area contributed by atoms with E-state index >= 15 is 0 Å². The van der Waals surface area contributed by atoms with Gasteiger partial charge < -0.3 is 14.6 Å². The maximum atomic E-state index is 6.15. The number of anilines is 1. The van der Waals surface area contributed by atoms with Crippen LogP contribution in [0.2, 0.25) is 5.02 Å². The lowest BCUT2D eigenvalue weighted by Gasteiger charge is -2.14. The number of aromatic amines is 1. The van der Waals surface area contributed by atoms with E-state index in [2.05, 4.69) is 15.0 Å². The van der Waals surface area contributed by atoms with Crippen LogP contribution in [0, 0.1) is 0 Å². The van der Waals surface area contributed by atoms with Crippen molar-refractivity contribution in [3.05, 3.63) is 41.2 Å². The second kappa shape index (κ2) is 6.68. The van der Waals surface area contributed by atoms with Crippen LogP contribution in [0.15, 0.2) is 35.6 Å². The summed E-state index contributed by atoms with van der Waals surface area (Å²) in [6.07, 6.45) is 1.69. The molecule has 2 heterocycles. The van der Waals surface area contributed by atoms with Crippen molar-refractivity contribution in [2.45, 2.75) is 10.9 Å². The summed E-state index contributed by atoms with van der Waals surface area (Å²) < 4.78 is 5.22. The van der Waals surface area contributed by atoms with E-state index in [0.29, 0.717) is 5.02 Å². The van der Waals surface area contributed by atoms with Gasteiger partial charge in [-0.25, -0.2) is 4.98 Å². The monoisotopic (exact) mass is 348 g/mol. The summed E-state index contributed by atoms with van der Waals surface area (Å²) in [5, 5.41) is 1.51. The van der Waals surface area contributed by atoms with Gasteiger partial charge in [0.25, 0.3) is 0 Å². The molecule has 0 spiro atoms. The van der Waals surface area contributed by atoms with E-state index in [1.165, 1.54) is 0 Å². The fraction of sp³-hybridized carbons (Fsp3) is 0.250. The average molecular weight is 349 g/mol. The molecule has 0 amide bonds. The minimum atomic E-state index is 0.652. The smallest absolute Gasteiger partial charge is 0.166 e. The van der Waals surface area contributed by atoms with Gasteiger partial charge in [0.15, 0.2) is 5.16 Å². The zero-order valence-corrected chi connectivity index (χ0v) is 14.7. The molecule has 0 saturated heterocycles. The molecule has 23 heavy (non-hydrogen) atoms. The van der Waals surface area contributed by atoms with Gasteiger partial charge in [0.1, 0.15) is 5.75 Å². The number of rotatable bonds is 5. The Morgan fingerprint density at radius 1 is 1.30 bits per heavy atom. The second-order valence-electron chi connectivity index (χ2n) is 5.24. The first-order chi connectivity index (χ1) is 11.1. The van der Waals surface area contributed by atoms with Crippen LogP contribution in [0.1, 0.15) is 5.69 Å². The van der Waals surface area contributed by atoms with Crippen LogP contribution in [0.25, 0.3) is 11.0 Å². The summed E-state index contributed by atoms with van der Waals surface area (Å²) in [4.78, 5) is 14.2. The van der Waals surface area contributed by atoms with Crippen molar-refractivity contribution in [2.75, 3.05) is 26.1 Å². The Labute approximate surface area is 144 Å². The first-order valence-corrected chi connectivity index (χ1v) is 8.41. The van der Waals surface area contributed by atoms with Crippen molar-refractivity contribution < 1.29 is 4.74 Å². The third kappa shape index (κ3) is 3.54. The molecular weight excluding hydrogens is 332 g/mol. The van der Waals surface area contributed by atoms with Gasteiger partial charge in [-0.15, -0.1) is 0 Å². The van der Waals surface area contributed by atoms with E-state index in [1.54, 1.807) is 25.1 Å². The number of hydrogen-bond donors (Lipinski definition) is 1. The Hall–Kier alpha value is -1.92. The van der Waals surface area contributed by atoms with Crippen LogP contribution in [0.3, 0.4) is 0 Å². The molecule has 120 valence electrons. The van der Waals surface area contributed by atoms with E-state index in [9.17, 15) is 0 Å². The number of methoxy groups -OCH3 is 1. The highest BCUT2D eigenvalue weighted by Gasteiger charge is 2.08. The van der Waals surface area contributed by atoms with Gasteiger partial charge in [0.2, 0.25) is 0 Å². The number of nitrogens with one attached hydrogen (secondary N) is 1. The van der Waals surface area contributed by atoms with Gasteiger partial charge >= 0.3 is 0 Å². The Bertz CT molecular complexity index is 834. The number of nitrogens with zero attached hydrogens (tertiary/aromatic N) is 3. The van der Waals surface area contributed by atoms with Gasteiger partial charge in [-0.1, -0.05) is 23.4 Å². The SMILES string of the molecule is COc1ccc2[nH]c(SCc3cc(N(C)C)c(Cl)cn3)nc2c1. The van der Waals surface area contributed by atoms with Crippen LogP contribution in [-0.4, -0.2) is 36.2 Å². The van der Waals surface area contributed by atoms with Gasteiger partial charge in [0.05, 0.1) is 34.5 Å². The summed E-state index contributed by atoms with van der Waals surface area (Å²) in [5.74, 6) is 1.52. The highest BCUT2D eigenvalue weighted by Crippen LogP contribution is 2.28. The fourth-order valence-electron chi connectivity index (χ4n) is 2.19. The zero-order valence-electron chi connectivity index (χ0n) is 13.1. The van der Waals surface area contributed by atoms with Crippen molar-refractivity contribution in [3.8, 4) is 5.75 Å². The van der Waals surface area contributed by atoms with E-state index < -0.39 is 0 Å². The third-order valence-corrected chi connectivity index (χ3v) is 4.60. The summed E-state index contributed by atoms with van der Waals surface area (Å²) in [6.45, 7) is 0. The molecule has 0 saturated carbocycles. The fourth-order valence-corrected chi connectivity index (χ4v) is 3.25. The largest absolute Gasteiger partial charge is 0.497 e. The molecule has 0 aliphatic heterocycles. The van der Waals surface area contributed by atoms with E-state index in [4.69, 9.17) is 16.3 Å². The molecule has 0 aliphatic carbocycles. The van der Waals surface area contributed by atoms with Crippen LogP contribution < -0.4 is 9.64 Å². The van der Waals surface area contributed by atoms with Crippen molar-refractivity contribution in [1.82, 2.24) is 15.0 Å². The maximum Gasteiger partial charge on any atom is 0.166 e. The lowest BCUT2D eigenvalue weighted by molar-refractivity contribution is 0.415. The molecule has 2 aromatic heterocycles. The standard InChI is InChI=1S/C16H17ClN4OS/c1-21(2)15-6-10(18-8-12(15)17)9-23-16-19-13-5-4-11(22-3)7-14(13)20-16/h4-8H,9H2,1-3H3,(H,19,20). The van der Waals surface area contributed by atoms with E-state index in [-0.39, 0.29) is 0 Å². The van der Waals surface area contributed by atoms with Gasteiger partial charge in [-0.05, 0) is 18.2 Å². The predicted molar refractivity (Wildman–Crippen MR) is 95.8 cm³/mol. The molecular formula is C16H17ClN4OS. The quantitative estimate of drug-likeness (QED) is 0.707.